The Kier molecular flexibility index (Phi) is 3.04. The van der Waals surface area contributed by atoms with Crippen LogP contribution in [-0.4, -0.2) is 0 Å². The molecule has 0 spiro atoms. The standard InChI is InChI=1S/C15H24/c1-10(2)9-15-12(4)5-7-13-11(3)6-8-14(13)15/h9,11-14H,1,5-8H2,2-4H3/b15-9+/t11-,12-,13?,14?/m0/s1. The lowest BCUT2D eigenvalue weighted by molar-refractivity contribution is 0.259. The molecular weight excluding hydrogens is 180 g/mol. The summed E-state index contributed by atoms with van der Waals surface area (Å²) < 4.78 is 0. The Bertz CT molecular complexity index is 284. The molecule has 4 atom stereocenters. The molecule has 2 fully saturated rings. The maximum Gasteiger partial charge on any atom is -0.0166 e. The van der Waals surface area contributed by atoms with Crippen molar-refractivity contribution >= 4 is 0 Å². The zero-order valence-electron chi connectivity index (χ0n) is 10.4. The maximum absolute atomic E-state index is 4.04. The molecule has 2 unspecified atom stereocenters. The highest BCUT2D eigenvalue weighted by molar-refractivity contribution is 5.25. The molecule has 0 aromatic heterocycles. The lowest BCUT2D eigenvalue weighted by atomic mass is 9.70. The molecule has 0 aromatic carbocycles. The lowest BCUT2D eigenvalue weighted by Gasteiger charge is -2.35. The van der Waals surface area contributed by atoms with Crippen molar-refractivity contribution in [3.8, 4) is 0 Å². The van der Waals surface area contributed by atoms with Crippen LogP contribution in [0.15, 0.2) is 23.8 Å². The third-order valence-corrected chi connectivity index (χ3v) is 4.52. The fourth-order valence-electron chi connectivity index (χ4n) is 3.68. The first-order valence-electron chi connectivity index (χ1n) is 6.46. The molecular formula is C15H24. The van der Waals surface area contributed by atoms with Gasteiger partial charge in [0.2, 0.25) is 0 Å². The van der Waals surface area contributed by atoms with E-state index in [1.807, 2.05) is 0 Å². The van der Waals surface area contributed by atoms with E-state index in [-0.39, 0.29) is 0 Å². The Labute approximate surface area is 94.5 Å². The predicted octanol–water partition coefficient (Wildman–Crippen LogP) is 4.58. The number of allylic oxidation sites excluding steroid dienone is 3. The number of hydrogen-bond acceptors (Lipinski definition) is 0. The van der Waals surface area contributed by atoms with E-state index in [1.165, 1.54) is 31.3 Å². The molecule has 15 heavy (non-hydrogen) atoms. The summed E-state index contributed by atoms with van der Waals surface area (Å²) in [7, 11) is 0. The smallest absolute Gasteiger partial charge is 0.0166 e. The van der Waals surface area contributed by atoms with Crippen molar-refractivity contribution in [2.45, 2.75) is 46.5 Å². The van der Waals surface area contributed by atoms with Crippen molar-refractivity contribution in [1.29, 1.82) is 0 Å². The van der Waals surface area contributed by atoms with Crippen molar-refractivity contribution in [2.24, 2.45) is 23.7 Å². The average Bonchev–Trinajstić information content (AvgIpc) is 2.52. The quantitative estimate of drug-likeness (QED) is 0.586. The van der Waals surface area contributed by atoms with Gasteiger partial charge in [-0.25, -0.2) is 0 Å². The fraction of sp³-hybridized carbons (Fsp3) is 0.733. The highest BCUT2D eigenvalue weighted by Gasteiger charge is 2.39. The van der Waals surface area contributed by atoms with E-state index in [2.05, 4.69) is 33.4 Å². The predicted molar refractivity (Wildman–Crippen MR) is 66.7 cm³/mol. The van der Waals surface area contributed by atoms with Gasteiger partial charge in [0, 0.05) is 0 Å². The van der Waals surface area contributed by atoms with Gasteiger partial charge in [-0.05, 0) is 56.3 Å². The molecule has 2 rings (SSSR count). The zero-order chi connectivity index (χ0) is 11.0. The van der Waals surface area contributed by atoms with Gasteiger partial charge < -0.3 is 0 Å². The summed E-state index contributed by atoms with van der Waals surface area (Å²) >= 11 is 0. The number of rotatable bonds is 1. The normalized spacial score (nSPS) is 43.0. The molecule has 0 radical (unpaired) electrons. The van der Waals surface area contributed by atoms with Gasteiger partial charge in [-0.1, -0.05) is 37.6 Å². The molecule has 0 bridgehead atoms. The van der Waals surface area contributed by atoms with Gasteiger partial charge >= 0.3 is 0 Å². The minimum absolute atomic E-state index is 0.799. The summed E-state index contributed by atoms with van der Waals surface area (Å²) in [6, 6.07) is 0. The second-order valence-corrected chi connectivity index (χ2v) is 5.79. The van der Waals surface area contributed by atoms with Gasteiger partial charge in [0.15, 0.2) is 0 Å². The van der Waals surface area contributed by atoms with Gasteiger partial charge in [-0.15, -0.1) is 0 Å². The Morgan fingerprint density at radius 2 is 1.93 bits per heavy atom. The van der Waals surface area contributed by atoms with Gasteiger partial charge in [0.05, 0.1) is 0 Å². The SMILES string of the molecule is C=C(C)/C=C1/C2CC[C@H](C)C2CC[C@@H]1C. The molecule has 0 heteroatoms. The molecule has 0 saturated heterocycles. The third kappa shape index (κ3) is 2.04. The van der Waals surface area contributed by atoms with Crippen LogP contribution in [0.2, 0.25) is 0 Å². The van der Waals surface area contributed by atoms with Crippen molar-refractivity contribution < 1.29 is 0 Å². The summed E-state index contributed by atoms with van der Waals surface area (Å²) in [5.74, 6) is 3.62. The minimum atomic E-state index is 0.799. The molecule has 0 nitrogen and oxygen atoms in total. The van der Waals surface area contributed by atoms with Crippen LogP contribution in [0.25, 0.3) is 0 Å². The summed E-state index contributed by atoms with van der Waals surface area (Å²) in [5.41, 5.74) is 2.94. The molecule has 84 valence electrons. The molecule has 0 aromatic rings. The van der Waals surface area contributed by atoms with Crippen LogP contribution in [0.1, 0.15) is 46.5 Å². The fourth-order valence-corrected chi connectivity index (χ4v) is 3.68. The molecule has 2 aliphatic rings. The van der Waals surface area contributed by atoms with Crippen LogP contribution < -0.4 is 0 Å². The van der Waals surface area contributed by atoms with Crippen LogP contribution in [0.5, 0.6) is 0 Å². The first kappa shape index (κ1) is 11.0. The summed E-state index contributed by atoms with van der Waals surface area (Å²) in [6.07, 6.45) is 8.09. The van der Waals surface area contributed by atoms with E-state index in [9.17, 15) is 0 Å². The summed E-state index contributed by atoms with van der Waals surface area (Å²) in [4.78, 5) is 0. The monoisotopic (exact) mass is 204 g/mol. The first-order chi connectivity index (χ1) is 7.09. The highest BCUT2D eigenvalue weighted by atomic mass is 14.4. The van der Waals surface area contributed by atoms with E-state index >= 15 is 0 Å². The Hall–Kier alpha value is -0.520. The molecule has 2 aliphatic carbocycles. The van der Waals surface area contributed by atoms with Crippen molar-refractivity contribution in [3.05, 3.63) is 23.8 Å². The van der Waals surface area contributed by atoms with E-state index < -0.39 is 0 Å². The lowest BCUT2D eigenvalue weighted by Crippen LogP contribution is -2.25. The van der Waals surface area contributed by atoms with Crippen molar-refractivity contribution in [3.63, 3.8) is 0 Å². The molecule has 0 heterocycles. The number of hydrogen-bond donors (Lipinski definition) is 0. The zero-order valence-corrected chi connectivity index (χ0v) is 10.4. The average molecular weight is 204 g/mol. The Morgan fingerprint density at radius 1 is 1.20 bits per heavy atom. The van der Waals surface area contributed by atoms with Crippen molar-refractivity contribution in [2.75, 3.05) is 0 Å². The Balaban J connectivity index is 2.23. The molecule has 0 aliphatic heterocycles. The van der Waals surface area contributed by atoms with Crippen molar-refractivity contribution in [1.82, 2.24) is 0 Å². The van der Waals surface area contributed by atoms with E-state index in [0.29, 0.717) is 0 Å². The van der Waals surface area contributed by atoms with Crippen LogP contribution in [0.4, 0.5) is 0 Å². The second kappa shape index (κ2) is 4.15. The van der Waals surface area contributed by atoms with Gasteiger partial charge in [0.25, 0.3) is 0 Å². The van der Waals surface area contributed by atoms with Crippen LogP contribution in [0.3, 0.4) is 0 Å². The topological polar surface area (TPSA) is 0 Å². The van der Waals surface area contributed by atoms with Crippen LogP contribution >= 0.6 is 0 Å². The largest absolute Gasteiger partial charge is 0.0961 e. The molecule has 2 saturated carbocycles. The molecule has 0 amide bonds. The van der Waals surface area contributed by atoms with Crippen LogP contribution in [-0.2, 0) is 0 Å². The van der Waals surface area contributed by atoms with Gasteiger partial charge in [-0.2, -0.15) is 0 Å². The third-order valence-electron chi connectivity index (χ3n) is 4.52. The van der Waals surface area contributed by atoms with Crippen LogP contribution in [0, 0.1) is 23.7 Å². The van der Waals surface area contributed by atoms with E-state index in [0.717, 1.165) is 23.7 Å². The molecule has 0 N–H and O–H groups in total. The van der Waals surface area contributed by atoms with E-state index in [1.54, 1.807) is 5.57 Å². The summed E-state index contributed by atoms with van der Waals surface area (Å²) in [6.45, 7) is 11.0. The second-order valence-electron chi connectivity index (χ2n) is 5.79. The number of fused-ring (bicyclic) bond motifs is 1. The summed E-state index contributed by atoms with van der Waals surface area (Å²) in [5, 5.41) is 0. The van der Waals surface area contributed by atoms with Gasteiger partial charge in [0.1, 0.15) is 0 Å². The first-order valence-corrected chi connectivity index (χ1v) is 6.46. The minimum Gasteiger partial charge on any atom is -0.0961 e. The maximum atomic E-state index is 4.04. The highest BCUT2D eigenvalue weighted by Crippen LogP contribution is 2.50. The van der Waals surface area contributed by atoms with E-state index in [4.69, 9.17) is 0 Å². The van der Waals surface area contributed by atoms with Gasteiger partial charge in [-0.3, -0.25) is 0 Å². The Morgan fingerprint density at radius 3 is 2.60 bits per heavy atom.